The molecule has 4 heteroatoms. The smallest absolute Gasteiger partial charge is 0.330 e. The molecule has 2 N–H and O–H groups in total. The van der Waals surface area contributed by atoms with E-state index in [1.54, 1.807) is 0 Å². The highest BCUT2D eigenvalue weighted by Crippen LogP contribution is 2.23. The van der Waals surface area contributed by atoms with Crippen molar-refractivity contribution in [3.05, 3.63) is 35.9 Å². The number of hydrogen-bond acceptors (Lipinski definition) is 4. The van der Waals surface area contributed by atoms with Crippen LogP contribution in [0.2, 0.25) is 0 Å². The number of carbonyl (C=O) groups excluding carboxylic acids is 1. The zero-order valence-corrected chi connectivity index (χ0v) is 11.9. The van der Waals surface area contributed by atoms with Crippen LogP contribution in [-0.4, -0.2) is 26.3 Å². The fourth-order valence-electron chi connectivity index (χ4n) is 1.83. The van der Waals surface area contributed by atoms with Crippen LogP contribution in [0.4, 0.5) is 0 Å². The third-order valence-corrected chi connectivity index (χ3v) is 2.93. The summed E-state index contributed by atoms with van der Waals surface area (Å²) < 4.78 is 10.3. The van der Waals surface area contributed by atoms with E-state index in [0.29, 0.717) is 25.6 Å². The van der Waals surface area contributed by atoms with Crippen LogP contribution in [0.3, 0.4) is 0 Å². The fraction of sp³-hybridized carbons (Fsp3) is 0.533. The van der Waals surface area contributed by atoms with Crippen molar-refractivity contribution in [1.82, 2.24) is 0 Å². The molecule has 0 aliphatic heterocycles. The SMILES string of the molecule is COC(=O)C(N)(CCOCC(C)C)c1ccccc1. The lowest BCUT2D eigenvalue weighted by atomic mass is 9.88. The van der Waals surface area contributed by atoms with E-state index in [1.165, 1.54) is 7.11 Å². The molecule has 0 heterocycles. The molecular weight excluding hydrogens is 242 g/mol. The monoisotopic (exact) mass is 265 g/mol. The van der Waals surface area contributed by atoms with E-state index in [4.69, 9.17) is 15.2 Å². The van der Waals surface area contributed by atoms with Gasteiger partial charge in [-0.25, -0.2) is 4.79 Å². The lowest BCUT2D eigenvalue weighted by Gasteiger charge is -2.27. The van der Waals surface area contributed by atoms with Crippen molar-refractivity contribution in [2.45, 2.75) is 25.8 Å². The van der Waals surface area contributed by atoms with Crippen LogP contribution in [-0.2, 0) is 19.8 Å². The van der Waals surface area contributed by atoms with Gasteiger partial charge in [0.2, 0.25) is 0 Å². The van der Waals surface area contributed by atoms with E-state index in [2.05, 4.69) is 13.8 Å². The Morgan fingerprint density at radius 2 is 1.95 bits per heavy atom. The number of esters is 1. The first-order chi connectivity index (χ1) is 9.00. The quantitative estimate of drug-likeness (QED) is 0.605. The van der Waals surface area contributed by atoms with Gasteiger partial charge in [-0.2, -0.15) is 0 Å². The standard InChI is InChI=1S/C15H23NO3/c1-12(2)11-19-10-9-15(16,14(17)18-3)13-7-5-4-6-8-13/h4-8,12H,9-11,16H2,1-3H3. The van der Waals surface area contributed by atoms with Gasteiger partial charge in [-0.1, -0.05) is 44.2 Å². The van der Waals surface area contributed by atoms with Crippen LogP contribution in [0.5, 0.6) is 0 Å². The Morgan fingerprint density at radius 1 is 1.32 bits per heavy atom. The second-order valence-corrected chi connectivity index (χ2v) is 5.05. The summed E-state index contributed by atoms with van der Waals surface area (Å²) in [4.78, 5) is 12.0. The second-order valence-electron chi connectivity index (χ2n) is 5.05. The zero-order valence-electron chi connectivity index (χ0n) is 11.9. The minimum Gasteiger partial charge on any atom is -0.467 e. The minimum atomic E-state index is -1.15. The van der Waals surface area contributed by atoms with Crippen LogP contribution in [0.1, 0.15) is 25.8 Å². The van der Waals surface area contributed by atoms with Crippen molar-refractivity contribution in [3.8, 4) is 0 Å². The summed E-state index contributed by atoms with van der Waals surface area (Å²) in [5, 5.41) is 0. The van der Waals surface area contributed by atoms with Crippen molar-refractivity contribution < 1.29 is 14.3 Å². The maximum absolute atomic E-state index is 12.0. The van der Waals surface area contributed by atoms with E-state index < -0.39 is 11.5 Å². The van der Waals surface area contributed by atoms with E-state index in [-0.39, 0.29) is 0 Å². The molecule has 4 nitrogen and oxygen atoms in total. The van der Waals surface area contributed by atoms with Gasteiger partial charge >= 0.3 is 5.97 Å². The highest BCUT2D eigenvalue weighted by Gasteiger charge is 2.36. The summed E-state index contributed by atoms with van der Waals surface area (Å²) in [5.41, 5.74) is 5.84. The molecular formula is C15H23NO3. The molecule has 0 amide bonds. The van der Waals surface area contributed by atoms with E-state index in [9.17, 15) is 4.79 Å². The van der Waals surface area contributed by atoms with Gasteiger partial charge in [0.1, 0.15) is 5.54 Å². The predicted molar refractivity (Wildman–Crippen MR) is 74.6 cm³/mol. The Balaban J connectivity index is 2.74. The van der Waals surface area contributed by atoms with Gasteiger partial charge in [-0.15, -0.1) is 0 Å². The van der Waals surface area contributed by atoms with Crippen molar-refractivity contribution in [1.29, 1.82) is 0 Å². The fourth-order valence-corrected chi connectivity index (χ4v) is 1.83. The molecule has 0 spiro atoms. The summed E-state index contributed by atoms with van der Waals surface area (Å²) in [5.74, 6) is 0.0221. The Morgan fingerprint density at radius 3 is 2.47 bits per heavy atom. The molecule has 1 rings (SSSR count). The number of methoxy groups -OCH3 is 1. The summed E-state index contributed by atoms with van der Waals surface area (Å²) in [6.07, 6.45) is 0.399. The van der Waals surface area contributed by atoms with E-state index in [1.807, 2.05) is 30.3 Å². The van der Waals surface area contributed by atoms with Crippen molar-refractivity contribution in [2.24, 2.45) is 11.7 Å². The lowest BCUT2D eigenvalue weighted by molar-refractivity contribution is -0.148. The number of rotatable bonds is 7. The molecule has 0 bridgehead atoms. The van der Waals surface area contributed by atoms with Gasteiger partial charge < -0.3 is 15.2 Å². The Bertz CT molecular complexity index is 392. The third-order valence-electron chi connectivity index (χ3n) is 2.93. The van der Waals surface area contributed by atoms with Gasteiger partial charge in [0.15, 0.2) is 0 Å². The van der Waals surface area contributed by atoms with Crippen LogP contribution in [0.15, 0.2) is 30.3 Å². The molecule has 1 atom stereocenters. The average molecular weight is 265 g/mol. The maximum atomic E-state index is 12.0. The normalized spacial score (nSPS) is 14.2. The highest BCUT2D eigenvalue weighted by molar-refractivity contribution is 5.82. The zero-order chi connectivity index (χ0) is 14.3. The van der Waals surface area contributed by atoms with Crippen molar-refractivity contribution in [2.75, 3.05) is 20.3 Å². The molecule has 0 fully saturated rings. The molecule has 106 valence electrons. The molecule has 1 aromatic rings. The number of benzene rings is 1. The Labute approximate surface area is 114 Å². The van der Waals surface area contributed by atoms with Gasteiger partial charge in [0, 0.05) is 19.6 Å². The van der Waals surface area contributed by atoms with Crippen LogP contribution < -0.4 is 5.73 Å². The first kappa shape index (κ1) is 15.7. The summed E-state index contributed by atoms with van der Waals surface area (Å²) in [6, 6.07) is 9.26. The first-order valence-electron chi connectivity index (χ1n) is 6.51. The molecule has 0 saturated heterocycles. The number of nitrogens with two attached hydrogens (primary N) is 1. The second kappa shape index (κ2) is 7.26. The van der Waals surface area contributed by atoms with Gasteiger partial charge in [0.05, 0.1) is 7.11 Å². The van der Waals surface area contributed by atoms with Gasteiger partial charge in [-0.3, -0.25) is 0 Å². The molecule has 0 aliphatic carbocycles. The summed E-state index contributed by atoms with van der Waals surface area (Å²) in [7, 11) is 1.35. The molecule has 19 heavy (non-hydrogen) atoms. The average Bonchev–Trinajstić information content (AvgIpc) is 2.43. The van der Waals surface area contributed by atoms with Crippen molar-refractivity contribution in [3.63, 3.8) is 0 Å². The summed E-state index contributed by atoms with van der Waals surface area (Å²) in [6.45, 7) is 5.24. The number of ether oxygens (including phenoxy) is 2. The Kier molecular flexibility index (Phi) is 5.99. The van der Waals surface area contributed by atoms with E-state index in [0.717, 1.165) is 5.56 Å². The number of hydrogen-bond donors (Lipinski definition) is 1. The third kappa shape index (κ3) is 4.33. The molecule has 1 unspecified atom stereocenters. The highest BCUT2D eigenvalue weighted by atomic mass is 16.5. The Hall–Kier alpha value is -1.39. The van der Waals surface area contributed by atoms with Crippen LogP contribution >= 0.6 is 0 Å². The van der Waals surface area contributed by atoms with Crippen molar-refractivity contribution >= 4 is 5.97 Å². The largest absolute Gasteiger partial charge is 0.467 e. The minimum absolute atomic E-state index is 0.399. The molecule has 0 radical (unpaired) electrons. The molecule has 0 saturated carbocycles. The molecule has 0 aliphatic rings. The predicted octanol–water partition coefficient (Wildman–Crippen LogP) is 2.08. The molecule has 1 aromatic carbocycles. The molecule has 0 aromatic heterocycles. The van der Waals surface area contributed by atoms with Gasteiger partial charge in [0.25, 0.3) is 0 Å². The summed E-state index contributed by atoms with van der Waals surface area (Å²) >= 11 is 0. The van der Waals surface area contributed by atoms with Crippen LogP contribution in [0.25, 0.3) is 0 Å². The topological polar surface area (TPSA) is 61.5 Å². The first-order valence-corrected chi connectivity index (χ1v) is 6.51. The number of carbonyl (C=O) groups is 1. The maximum Gasteiger partial charge on any atom is 0.330 e. The van der Waals surface area contributed by atoms with Crippen LogP contribution in [0, 0.1) is 5.92 Å². The van der Waals surface area contributed by atoms with E-state index >= 15 is 0 Å². The lowest BCUT2D eigenvalue weighted by Crippen LogP contribution is -2.46. The van der Waals surface area contributed by atoms with Gasteiger partial charge in [-0.05, 0) is 11.5 Å².